The second-order valence-electron chi connectivity index (χ2n) is 7.22. The third-order valence-corrected chi connectivity index (χ3v) is 14.5. The van der Waals surface area contributed by atoms with Crippen molar-refractivity contribution in [2.75, 3.05) is 5.32 Å². The number of nitrogens with one attached hydrogen (secondary N) is 1. The number of hydrogen-bond acceptors (Lipinski definition) is 3. The van der Waals surface area contributed by atoms with E-state index in [-0.39, 0.29) is 17.5 Å². The van der Waals surface area contributed by atoms with Gasteiger partial charge in [-0.15, -0.1) is 0 Å². The maximum Gasteiger partial charge on any atom is 0.255 e. The van der Waals surface area contributed by atoms with Crippen LogP contribution in [0.5, 0.6) is 0 Å². The molecule has 0 spiro atoms. The summed E-state index contributed by atoms with van der Waals surface area (Å²) in [5.74, 6) is -0.00224. The Kier molecular flexibility index (Phi) is 13.9. The van der Waals surface area contributed by atoms with Crippen molar-refractivity contribution in [3.63, 3.8) is 0 Å². The zero-order chi connectivity index (χ0) is 26.6. The van der Waals surface area contributed by atoms with Gasteiger partial charge >= 0.3 is 0 Å². The Hall–Kier alpha value is 1.58. The summed E-state index contributed by atoms with van der Waals surface area (Å²) in [7, 11) is 0. The number of Topliss-reactive ketones (excluding diaryl/α,β-unsaturated/α-hetero) is 2. The monoisotopic (exact) mass is 1250 g/mol. The number of carbonyl (C=O) groups excluding carboxylic acids is 3. The van der Waals surface area contributed by atoms with Gasteiger partial charge in [0.1, 0.15) is 0 Å². The summed E-state index contributed by atoms with van der Waals surface area (Å²) >= 11 is 15.6. The minimum Gasteiger partial charge on any atom is -0.320 e. The van der Waals surface area contributed by atoms with Gasteiger partial charge in [0.05, 0.1) is 5.69 Å². The van der Waals surface area contributed by atoms with Crippen molar-refractivity contribution in [3.05, 3.63) is 83.6 Å². The number of amides is 1. The zero-order valence-electron chi connectivity index (χ0n) is 18.3. The third-order valence-electron chi connectivity index (χ3n) is 4.55. The van der Waals surface area contributed by atoms with Crippen molar-refractivity contribution >= 4 is 181 Å². The van der Waals surface area contributed by atoms with Gasteiger partial charge in [0.25, 0.3) is 5.91 Å². The summed E-state index contributed by atoms with van der Waals surface area (Å²) in [5, 5.41) is 2.96. The molecule has 0 saturated heterocycles. The van der Waals surface area contributed by atoms with Crippen LogP contribution in [0, 0.1) is 31.9 Å². The number of aryl methyl sites for hydroxylation is 1. The molecule has 0 aliphatic heterocycles. The average Bonchev–Trinajstić information content (AvgIpc) is 2.77. The lowest BCUT2D eigenvalue weighted by molar-refractivity contribution is 0.100. The molecular weight excluding hydrogens is 1240 g/mol. The molecule has 1 amide bonds. The predicted octanol–water partition coefficient (Wildman–Crippen LogP) is 9.57. The summed E-state index contributed by atoms with van der Waals surface area (Å²) in [4.78, 5) is 35.1. The first-order chi connectivity index (χ1) is 16.2. The van der Waals surface area contributed by atoms with Gasteiger partial charge in [-0.1, -0.05) is 0 Å². The highest BCUT2D eigenvalue weighted by Crippen LogP contribution is 2.28. The first-order valence-electron chi connectivity index (χ1n) is 9.65. The van der Waals surface area contributed by atoms with Gasteiger partial charge in [0.15, 0.2) is 11.6 Å². The lowest BCUT2D eigenvalue weighted by Gasteiger charge is -2.12. The Morgan fingerprint density at radius 3 is 1.34 bits per heavy atom. The largest absolute Gasteiger partial charge is 0.320 e. The SMILES string of the molecule is CC(=O)c1cc(I)c(I)c(I)c1.CC(=O)c1cc(I)c(NC(=O)c2cc(C)c(I)c(I)c2)c(I)c1. The van der Waals surface area contributed by atoms with Gasteiger partial charge in [0, 0.05) is 41.7 Å². The van der Waals surface area contributed by atoms with E-state index in [4.69, 9.17) is 0 Å². The number of hydrogen-bond donors (Lipinski definition) is 1. The van der Waals surface area contributed by atoms with Crippen molar-refractivity contribution in [3.8, 4) is 0 Å². The van der Waals surface area contributed by atoms with Crippen LogP contribution in [0.15, 0.2) is 36.4 Å². The van der Waals surface area contributed by atoms with Crippen molar-refractivity contribution in [1.29, 1.82) is 0 Å². The topological polar surface area (TPSA) is 63.2 Å². The Morgan fingerprint density at radius 1 is 0.571 bits per heavy atom. The number of benzene rings is 3. The van der Waals surface area contributed by atoms with Crippen molar-refractivity contribution in [1.82, 2.24) is 0 Å². The van der Waals surface area contributed by atoms with E-state index in [0.29, 0.717) is 11.1 Å². The van der Waals surface area contributed by atoms with E-state index >= 15 is 0 Å². The molecule has 35 heavy (non-hydrogen) atoms. The zero-order valence-corrected chi connectivity index (χ0v) is 33.4. The molecule has 4 nitrogen and oxygen atoms in total. The smallest absolute Gasteiger partial charge is 0.255 e. The molecule has 0 unspecified atom stereocenters. The van der Waals surface area contributed by atoms with E-state index in [1.54, 1.807) is 19.1 Å². The molecule has 0 radical (unpaired) electrons. The first kappa shape index (κ1) is 32.8. The molecule has 0 bridgehead atoms. The van der Waals surface area contributed by atoms with Gasteiger partial charge in [0.2, 0.25) is 0 Å². The molecule has 184 valence electrons. The average molecular weight is 1250 g/mol. The van der Waals surface area contributed by atoms with Crippen molar-refractivity contribution < 1.29 is 14.4 Å². The van der Waals surface area contributed by atoms with E-state index in [0.717, 1.165) is 38.2 Å². The summed E-state index contributed by atoms with van der Waals surface area (Å²) in [5.41, 5.74) is 3.90. The van der Waals surface area contributed by atoms with Crippen LogP contribution in [-0.4, -0.2) is 17.5 Å². The van der Waals surface area contributed by atoms with Crippen LogP contribution in [-0.2, 0) is 0 Å². The summed E-state index contributed by atoms with van der Waals surface area (Å²) < 4.78 is 7.43. The van der Waals surface area contributed by atoms with Crippen molar-refractivity contribution in [2.45, 2.75) is 20.8 Å². The predicted molar refractivity (Wildman–Crippen MR) is 201 cm³/mol. The molecule has 0 fully saturated rings. The van der Waals surface area contributed by atoms with Crippen LogP contribution < -0.4 is 5.32 Å². The molecule has 11 heteroatoms. The lowest BCUT2D eigenvalue weighted by Crippen LogP contribution is -2.15. The number of rotatable bonds is 4. The van der Waals surface area contributed by atoms with Gasteiger partial charge in [-0.25, -0.2) is 0 Å². The fourth-order valence-electron chi connectivity index (χ4n) is 2.70. The Bertz CT molecular complexity index is 1270. The Morgan fingerprint density at radius 2 is 0.943 bits per heavy atom. The number of anilines is 1. The molecule has 3 aromatic rings. The normalized spacial score (nSPS) is 10.3. The van der Waals surface area contributed by atoms with E-state index in [2.05, 4.69) is 163 Å². The summed E-state index contributed by atoms with van der Waals surface area (Å²) in [6, 6.07) is 11.2. The van der Waals surface area contributed by atoms with Gasteiger partial charge in [-0.2, -0.15) is 0 Å². The minimum atomic E-state index is -0.145. The van der Waals surface area contributed by atoms with Crippen LogP contribution >= 0.6 is 158 Å². The molecule has 0 aliphatic rings. The molecule has 0 saturated carbocycles. The quantitative estimate of drug-likeness (QED) is 0.161. The number of halogens is 7. The molecule has 3 aromatic carbocycles. The van der Waals surface area contributed by atoms with Crippen molar-refractivity contribution in [2.24, 2.45) is 0 Å². The molecule has 0 heterocycles. The molecule has 0 aliphatic carbocycles. The first-order valence-corrected chi connectivity index (χ1v) is 17.2. The molecule has 0 aromatic heterocycles. The second kappa shape index (κ2) is 14.8. The standard InChI is InChI=1S/C16H11I4NO2.C8H5I3O/c1-7-3-10(6-11(17)14(7)20)16(23)21-15-12(18)4-9(8(2)22)5-13(15)19;1-4(12)5-2-6(9)8(11)7(10)3-5/h3-6H,1-2H3,(H,21,23);2-3H,1H3. The van der Waals surface area contributed by atoms with Crippen LogP contribution in [0.2, 0.25) is 0 Å². The Balaban J connectivity index is 0.000000303. The lowest BCUT2D eigenvalue weighted by atomic mass is 10.1. The van der Waals surface area contributed by atoms with Crippen LogP contribution in [0.3, 0.4) is 0 Å². The molecular formula is C24H16I7NO3. The van der Waals surface area contributed by atoms with E-state index in [9.17, 15) is 14.4 Å². The highest BCUT2D eigenvalue weighted by Gasteiger charge is 2.15. The maximum absolute atomic E-state index is 12.6. The Labute approximate surface area is 300 Å². The summed E-state index contributed by atoms with van der Waals surface area (Å²) in [6.45, 7) is 5.13. The highest BCUT2D eigenvalue weighted by molar-refractivity contribution is 14.1. The van der Waals surface area contributed by atoms with Crippen LogP contribution in [0.1, 0.15) is 50.5 Å². The highest BCUT2D eigenvalue weighted by atomic mass is 127. The third kappa shape index (κ3) is 9.33. The van der Waals surface area contributed by atoms with Gasteiger partial charge < -0.3 is 5.32 Å². The molecule has 3 rings (SSSR count). The van der Waals surface area contributed by atoms with Crippen LogP contribution in [0.25, 0.3) is 0 Å². The van der Waals surface area contributed by atoms with E-state index < -0.39 is 0 Å². The van der Waals surface area contributed by atoms with Gasteiger partial charge in [-0.05, 0) is 221 Å². The van der Waals surface area contributed by atoms with E-state index in [1.165, 1.54) is 10.5 Å². The fourth-order valence-corrected chi connectivity index (χ4v) is 7.89. The van der Waals surface area contributed by atoms with Crippen LogP contribution in [0.4, 0.5) is 5.69 Å². The van der Waals surface area contributed by atoms with E-state index in [1.807, 2.05) is 31.2 Å². The molecule has 0 atom stereocenters. The minimum absolute atomic E-state index is 0.0153. The van der Waals surface area contributed by atoms with Gasteiger partial charge in [-0.3, -0.25) is 14.4 Å². The maximum atomic E-state index is 12.6. The number of ketones is 2. The second-order valence-corrected chi connectivity index (χ2v) is 15.2. The molecule has 1 N–H and O–H groups in total. The summed E-state index contributed by atoms with van der Waals surface area (Å²) in [6.07, 6.45) is 0. The fraction of sp³-hybridized carbons (Fsp3) is 0.125. The number of carbonyl (C=O) groups is 3.